The Hall–Kier alpha value is -1.58. The zero-order chi connectivity index (χ0) is 15.3. The van der Waals surface area contributed by atoms with Gasteiger partial charge in [-0.1, -0.05) is 12.1 Å². The molecule has 0 amide bonds. The van der Waals surface area contributed by atoms with Crippen molar-refractivity contribution in [2.75, 3.05) is 49.6 Å². The summed E-state index contributed by atoms with van der Waals surface area (Å²) < 4.78 is 22.2. The first-order valence-corrected chi connectivity index (χ1v) is 9.20. The minimum atomic E-state index is -2.86. The predicted molar refractivity (Wildman–Crippen MR) is 84.1 cm³/mol. The van der Waals surface area contributed by atoms with Crippen LogP contribution in [0.3, 0.4) is 0 Å². The molecule has 6 heteroatoms. The lowest BCUT2D eigenvalue weighted by Gasteiger charge is -2.36. The van der Waals surface area contributed by atoms with Gasteiger partial charge in [-0.25, -0.2) is 8.42 Å². The highest BCUT2D eigenvalue weighted by molar-refractivity contribution is 7.90. The molecule has 0 bridgehead atoms. The van der Waals surface area contributed by atoms with Crippen LogP contribution in [0.2, 0.25) is 0 Å². The van der Waals surface area contributed by atoms with Crippen molar-refractivity contribution in [2.45, 2.75) is 6.42 Å². The lowest BCUT2D eigenvalue weighted by Crippen LogP contribution is -2.47. The molecule has 0 unspecified atom stereocenters. The maximum absolute atomic E-state index is 11.1. The van der Waals surface area contributed by atoms with Crippen molar-refractivity contribution in [3.8, 4) is 6.07 Å². The Morgan fingerprint density at radius 2 is 1.86 bits per heavy atom. The van der Waals surface area contributed by atoms with E-state index in [2.05, 4.69) is 15.9 Å². The SMILES string of the molecule is CS(=O)(=O)CCCN1CCN(c2ccccc2C#N)CC1. The van der Waals surface area contributed by atoms with E-state index in [0.29, 0.717) is 12.0 Å². The molecule has 5 nitrogen and oxygen atoms in total. The van der Waals surface area contributed by atoms with Crippen LogP contribution in [0.5, 0.6) is 0 Å². The number of sulfone groups is 1. The number of para-hydroxylation sites is 1. The summed E-state index contributed by atoms with van der Waals surface area (Å²) >= 11 is 0. The number of hydrogen-bond donors (Lipinski definition) is 0. The maximum atomic E-state index is 11.1. The summed E-state index contributed by atoms with van der Waals surface area (Å²) in [5.41, 5.74) is 1.71. The number of rotatable bonds is 5. The molecule has 0 aliphatic carbocycles. The Balaban J connectivity index is 1.85. The van der Waals surface area contributed by atoms with Gasteiger partial charge in [0.15, 0.2) is 0 Å². The van der Waals surface area contributed by atoms with Crippen LogP contribution in [0.15, 0.2) is 24.3 Å². The van der Waals surface area contributed by atoms with Crippen LogP contribution in [0, 0.1) is 11.3 Å². The summed E-state index contributed by atoms with van der Waals surface area (Å²) in [6.45, 7) is 4.38. The quantitative estimate of drug-likeness (QED) is 0.815. The van der Waals surface area contributed by atoms with E-state index in [-0.39, 0.29) is 5.75 Å². The van der Waals surface area contributed by atoms with Crippen LogP contribution in [0.4, 0.5) is 5.69 Å². The highest BCUT2D eigenvalue weighted by atomic mass is 32.2. The maximum Gasteiger partial charge on any atom is 0.147 e. The largest absolute Gasteiger partial charge is 0.368 e. The van der Waals surface area contributed by atoms with E-state index in [4.69, 9.17) is 5.26 Å². The minimum absolute atomic E-state index is 0.254. The van der Waals surface area contributed by atoms with E-state index in [9.17, 15) is 8.42 Å². The Kier molecular flexibility index (Phi) is 5.21. The molecule has 0 saturated carbocycles. The zero-order valence-electron chi connectivity index (χ0n) is 12.3. The van der Waals surface area contributed by atoms with Gasteiger partial charge in [0.2, 0.25) is 0 Å². The van der Waals surface area contributed by atoms with Gasteiger partial charge in [-0.3, -0.25) is 4.90 Å². The average Bonchev–Trinajstić information content (AvgIpc) is 2.47. The second-order valence-electron chi connectivity index (χ2n) is 5.44. The normalized spacial score (nSPS) is 16.7. The summed E-state index contributed by atoms with van der Waals surface area (Å²) in [6.07, 6.45) is 1.97. The van der Waals surface area contributed by atoms with Crippen molar-refractivity contribution < 1.29 is 8.42 Å². The van der Waals surface area contributed by atoms with Gasteiger partial charge in [-0.05, 0) is 25.1 Å². The fraction of sp³-hybridized carbons (Fsp3) is 0.533. The lowest BCUT2D eigenvalue weighted by molar-refractivity contribution is 0.259. The van der Waals surface area contributed by atoms with Crippen molar-refractivity contribution in [1.29, 1.82) is 5.26 Å². The van der Waals surface area contributed by atoms with Crippen molar-refractivity contribution in [3.63, 3.8) is 0 Å². The van der Waals surface area contributed by atoms with Gasteiger partial charge in [-0.2, -0.15) is 5.26 Å². The first-order chi connectivity index (χ1) is 9.99. The van der Waals surface area contributed by atoms with Gasteiger partial charge in [0.25, 0.3) is 0 Å². The Morgan fingerprint density at radius 3 is 2.48 bits per heavy atom. The minimum Gasteiger partial charge on any atom is -0.368 e. The van der Waals surface area contributed by atoms with Crippen LogP contribution in [-0.2, 0) is 9.84 Å². The number of nitrogens with zero attached hydrogens (tertiary/aromatic N) is 3. The molecule has 0 spiro atoms. The Bertz CT molecular complexity index is 614. The summed E-state index contributed by atoms with van der Waals surface area (Å²) in [5.74, 6) is 0.254. The van der Waals surface area contributed by atoms with E-state index in [1.54, 1.807) is 0 Å². The highest BCUT2D eigenvalue weighted by Gasteiger charge is 2.19. The fourth-order valence-electron chi connectivity index (χ4n) is 2.61. The van der Waals surface area contributed by atoms with Crippen LogP contribution >= 0.6 is 0 Å². The highest BCUT2D eigenvalue weighted by Crippen LogP contribution is 2.20. The number of hydrogen-bond acceptors (Lipinski definition) is 5. The standard InChI is InChI=1S/C15H21N3O2S/c1-21(19,20)12-4-7-17-8-10-18(11-9-17)15-6-3-2-5-14(15)13-16/h2-3,5-6H,4,7-12H2,1H3. The number of anilines is 1. The van der Waals surface area contributed by atoms with Crippen LogP contribution in [0.25, 0.3) is 0 Å². The predicted octanol–water partition coefficient (Wildman–Crippen LogP) is 1.11. The van der Waals surface area contributed by atoms with E-state index in [1.807, 2.05) is 24.3 Å². The third-order valence-corrected chi connectivity index (χ3v) is 4.76. The van der Waals surface area contributed by atoms with E-state index < -0.39 is 9.84 Å². The third-order valence-electron chi connectivity index (χ3n) is 3.73. The molecule has 0 N–H and O–H groups in total. The summed E-state index contributed by atoms with van der Waals surface area (Å²) in [7, 11) is -2.86. The molecule has 21 heavy (non-hydrogen) atoms. The second kappa shape index (κ2) is 6.92. The van der Waals surface area contributed by atoms with E-state index in [1.165, 1.54) is 6.26 Å². The van der Waals surface area contributed by atoms with Gasteiger partial charge < -0.3 is 4.90 Å². The molecule has 1 saturated heterocycles. The van der Waals surface area contributed by atoms with E-state index >= 15 is 0 Å². The average molecular weight is 307 g/mol. The Labute approximate surface area is 126 Å². The lowest BCUT2D eigenvalue weighted by atomic mass is 10.1. The Morgan fingerprint density at radius 1 is 1.19 bits per heavy atom. The van der Waals surface area contributed by atoms with Crippen molar-refractivity contribution in [2.24, 2.45) is 0 Å². The molecule has 2 rings (SSSR count). The van der Waals surface area contributed by atoms with Crippen molar-refractivity contribution in [1.82, 2.24) is 4.90 Å². The second-order valence-corrected chi connectivity index (χ2v) is 7.70. The summed E-state index contributed by atoms with van der Waals surface area (Å²) in [5, 5.41) is 9.15. The monoisotopic (exact) mass is 307 g/mol. The molecule has 1 aliphatic rings. The zero-order valence-corrected chi connectivity index (χ0v) is 13.1. The third kappa shape index (κ3) is 4.73. The molecule has 0 radical (unpaired) electrons. The number of piperazine rings is 1. The molecule has 1 aromatic rings. The topological polar surface area (TPSA) is 64.4 Å². The smallest absolute Gasteiger partial charge is 0.147 e. The van der Waals surface area contributed by atoms with Crippen molar-refractivity contribution in [3.05, 3.63) is 29.8 Å². The van der Waals surface area contributed by atoms with Gasteiger partial charge >= 0.3 is 0 Å². The van der Waals surface area contributed by atoms with Crippen LogP contribution in [-0.4, -0.2) is 58.1 Å². The van der Waals surface area contributed by atoms with Crippen LogP contribution in [0.1, 0.15) is 12.0 Å². The first kappa shape index (κ1) is 15.8. The molecule has 1 aromatic carbocycles. The molecule has 114 valence electrons. The number of benzene rings is 1. The summed E-state index contributed by atoms with van der Waals surface area (Å²) in [4.78, 5) is 4.52. The summed E-state index contributed by atoms with van der Waals surface area (Å²) in [6, 6.07) is 9.89. The van der Waals surface area contributed by atoms with Crippen molar-refractivity contribution >= 4 is 15.5 Å². The number of nitriles is 1. The first-order valence-electron chi connectivity index (χ1n) is 7.14. The van der Waals surface area contributed by atoms with Crippen LogP contribution < -0.4 is 4.90 Å². The molecule has 1 fully saturated rings. The van der Waals surface area contributed by atoms with Gasteiger partial charge in [0.1, 0.15) is 15.9 Å². The van der Waals surface area contributed by atoms with Gasteiger partial charge in [0, 0.05) is 32.4 Å². The molecule has 1 aliphatic heterocycles. The fourth-order valence-corrected chi connectivity index (χ4v) is 3.26. The molecular weight excluding hydrogens is 286 g/mol. The molecule has 0 atom stereocenters. The molecule has 1 heterocycles. The van der Waals surface area contributed by atoms with Gasteiger partial charge in [0.05, 0.1) is 17.0 Å². The van der Waals surface area contributed by atoms with Gasteiger partial charge in [-0.15, -0.1) is 0 Å². The molecule has 0 aromatic heterocycles. The van der Waals surface area contributed by atoms with E-state index in [0.717, 1.165) is 38.4 Å². The molecular formula is C15H21N3O2S.